The summed E-state index contributed by atoms with van der Waals surface area (Å²) in [6, 6.07) is 4.72. The van der Waals surface area contributed by atoms with Gasteiger partial charge in [0.15, 0.2) is 0 Å². The molecule has 0 aromatic heterocycles. The summed E-state index contributed by atoms with van der Waals surface area (Å²) in [4.78, 5) is 12.5. The van der Waals surface area contributed by atoms with Crippen molar-refractivity contribution >= 4 is 5.97 Å². The van der Waals surface area contributed by atoms with Crippen LogP contribution in [-0.2, 0) is 4.79 Å². The minimum absolute atomic E-state index is 0.160. The number of hydrogen-bond donors (Lipinski definition) is 0. The van der Waals surface area contributed by atoms with Crippen LogP contribution in [0.3, 0.4) is 0 Å². The molecule has 0 atom stereocenters. The fourth-order valence-electron chi connectivity index (χ4n) is 5.16. The van der Waals surface area contributed by atoms with Gasteiger partial charge >= 0.3 is 18.5 Å². The number of rotatable bonds is 8. The highest BCUT2D eigenvalue weighted by atomic mass is 19.3. The topological polar surface area (TPSA) is 35.5 Å². The average Bonchev–Trinajstić information content (AvgIpc) is 2.76. The minimum Gasteiger partial charge on any atom is -0.428 e. The van der Waals surface area contributed by atoms with Crippen LogP contribution >= 0.6 is 0 Å². The lowest BCUT2D eigenvalue weighted by molar-refractivity contribution is -0.253. The van der Waals surface area contributed by atoms with Crippen LogP contribution < -0.4 is 9.47 Å². The molecule has 31 heavy (non-hydrogen) atoms. The molecule has 2 fully saturated rings. The van der Waals surface area contributed by atoms with Crippen molar-refractivity contribution in [2.24, 2.45) is 23.7 Å². The fourth-order valence-corrected chi connectivity index (χ4v) is 5.16. The molecule has 0 radical (unpaired) electrons. The van der Waals surface area contributed by atoms with Gasteiger partial charge in [-0.3, -0.25) is 4.79 Å². The molecule has 0 unspecified atom stereocenters. The molecule has 0 spiro atoms. The molecule has 2 aliphatic carbocycles. The van der Waals surface area contributed by atoms with Gasteiger partial charge in [-0.25, -0.2) is 0 Å². The third kappa shape index (κ3) is 6.59. The van der Waals surface area contributed by atoms with Crippen molar-refractivity contribution in [3.63, 3.8) is 0 Å². The van der Waals surface area contributed by atoms with Gasteiger partial charge in [0.1, 0.15) is 11.5 Å². The van der Waals surface area contributed by atoms with Crippen molar-refractivity contribution in [1.82, 2.24) is 0 Å². The molecule has 2 saturated carbocycles. The zero-order valence-electron chi connectivity index (χ0n) is 18.0. The Hall–Kier alpha value is -1.79. The minimum atomic E-state index is -4.56. The predicted octanol–water partition coefficient (Wildman–Crippen LogP) is 7.24. The summed E-state index contributed by atoms with van der Waals surface area (Å²) in [5.41, 5.74) is 0. The van der Waals surface area contributed by atoms with Crippen LogP contribution in [0.2, 0.25) is 0 Å². The van der Waals surface area contributed by atoms with Gasteiger partial charge in [-0.15, -0.1) is 0 Å². The van der Waals surface area contributed by atoms with Crippen LogP contribution in [0.1, 0.15) is 71.1 Å². The molecular formula is C24H32F4O3. The van der Waals surface area contributed by atoms with E-state index in [0.717, 1.165) is 49.7 Å². The van der Waals surface area contributed by atoms with Gasteiger partial charge < -0.3 is 9.47 Å². The summed E-state index contributed by atoms with van der Waals surface area (Å²) in [6.45, 7) is 2.25. The van der Waals surface area contributed by atoms with Crippen LogP contribution in [0.4, 0.5) is 17.6 Å². The number of benzene rings is 1. The molecule has 1 aromatic carbocycles. The Bertz CT molecular complexity index is 691. The molecule has 1 aromatic rings. The van der Waals surface area contributed by atoms with Gasteiger partial charge in [0.2, 0.25) is 0 Å². The summed E-state index contributed by atoms with van der Waals surface area (Å²) in [6.07, 6.45) is 3.10. The first-order valence-corrected chi connectivity index (χ1v) is 11.4. The Kier molecular flexibility index (Phi) is 8.23. The molecule has 0 amide bonds. The summed E-state index contributed by atoms with van der Waals surface area (Å²) < 4.78 is 59.7. The number of halogens is 4. The summed E-state index contributed by atoms with van der Waals surface area (Å²) >= 11 is 0. The number of ether oxygens (including phenoxy) is 2. The van der Waals surface area contributed by atoms with Crippen LogP contribution in [-0.4, -0.2) is 18.5 Å². The van der Waals surface area contributed by atoms with Crippen molar-refractivity contribution in [1.29, 1.82) is 0 Å². The quantitative estimate of drug-likeness (QED) is 0.241. The maximum atomic E-state index is 12.9. The van der Waals surface area contributed by atoms with E-state index in [2.05, 4.69) is 11.7 Å². The Morgan fingerprint density at radius 3 is 1.97 bits per heavy atom. The second-order valence-corrected chi connectivity index (χ2v) is 9.04. The van der Waals surface area contributed by atoms with E-state index < -0.39 is 18.3 Å². The average molecular weight is 445 g/mol. The molecule has 3 nitrogen and oxygen atoms in total. The lowest BCUT2D eigenvalue weighted by Gasteiger charge is -2.37. The van der Waals surface area contributed by atoms with Crippen molar-refractivity contribution in [3.8, 4) is 11.5 Å². The van der Waals surface area contributed by atoms with Crippen LogP contribution in [0, 0.1) is 23.7 Å². The first-order valence-electron chi connectivity index (χ1n) is 11.4. The van der Waals surface area contributed by atoms with Crippen molar-refractivity contribution in [2.45, 2.75) is 83.7 Å². The van der Waals surface area contributed by atoms with E-state index >= 15 is 0 Å². The van der Waals surface area contributed by atoms with Gasteiger partial charge in [0.05, 0.1) is 5.92 Å². The highest BCUT2D eigenvalue weighted by molar-refractivity contribution is 5.75. The lowest BCUT2D eigenvalue weighted by Crippen LogP contribution is -2.33. The molecular weight excluding hydrogens is 412 g/mol. The summed E-state index contributed by atoms with van der Waals surface area (Å²) in [7, 11) is 0. The Morgan fingerprint density at radius 2 is 1.45 bits per heavy atom. The van der Waals surface area contributed by atoms with Gasteiger partial charge in [0, 0.05) is 0 Å². The molecule has 0 aliphatic heterocycles. The molecule has 7 heteroatoms. The van der Waals surface area contributed by atoms with Crippen LogP contribution in [0.15, 0.2) is 24.3 Å². The van der Waals surface area contributed by atoms with Crippen molar-refractivity contribution in [2.75, 3.05) is 0 Å². The normalized spacial score (nSPS) is 27.2. The van der Waals surface area contributed by atoms with E-state index in [9.17, 15) is 22.4 Å². The largest absolute Gasteiger partial charge is 0.461 e. The van der Waals surface area contributed by atoms with E-state index in [1.807, 2.05) is 0 Å². The smallest absolute Gasteiger partial charge is 0.428 e. The maximum absolute atomic E-state index is 12.9. The maximum Gasteiger partial charge on any atom is 0.461 e. The molecule has 2 aliphatic rings. The van der Waals surface area contributed by atoms with Gasteiger partial charge in [-0.05, 0) is 80.5 Å². The molecule has 3 rings (SSSR count). The third-order valence-corrected chi connectivity index (χ3v) is 6.91. The van der Waals surface area contributed by atoms with E-state index in [-0.39, 0.29) is 17.6 Å². The number of esters is 1. The summed E-state index contributed by atoms with van der Waals surface area (Å²) in [5, 5.41) is 0. The van der Waals surface area contributed by atoms with E-state index in [1.165, 1.54) is 50.7 Å². The Balaban J connectivity index is 1.43. The monoisotopic (exact) mass is 444 g/mol. The lowest BCUT2D eigenvalue weighted by atomic mass is 9.69. The molecule has 0 N–H and O–H groups in total. The van der Waals surface area contributed by atoms with E-state index in [4.69, 9.17) is 4.74 Å². The first-order chi connectivity index (χ1) is 14.8. The fraction of sp³-hybridized carbons (Fsp3) is 0.708. The van der Waals surface area contributed by atoms with Gasteiger partial charge in [-0.2, -0.15) is 17.6 Å². The Morgan fingerprint density at radius 1 is 0.935 bits per heavy atom. The van der Waals surface area contributed by atoms with Crippen molar-refractivity contribution in [3.05, 3.63) is 24.3 Å². The number of alkyl halides is 4. The second-order valence-electron chi connectivity index (χ2n) is 9.04. The standard InChI is InChI=1S/C24H32F4O3/c1-2-3-16-4-6-17(7-5-16)18-8-10-19(11-9-18)22(29)30-20-12-14-21(15-13-20)31-24(27,28)23(25)26/h12-19,23H,2-11H2,1H3. The number of carbonyl (C=O) groups excluding carboxylic acids is 1. The SMILES string of the molecule is CCCC1CCC(C2CCC(C(=O)Oc3ccc(OC(F)(F)C(F)F)cc3)CC2)CC1. The third-order valence-electron chi connectivity index (χ3n) is 6.91. The van der Waals surface area contributed by atoms with E-state index in [0.29, 0.717) is 5.92 Å². The summed E-state index contributed by atoms with van der Waals surface area (Å²) in [5.74, 6) is 1.66. The number of carbonyl (C=O) groups is 1. The molecule has 174 valence electrons. The van der Waals surface area contributed by atoms with E-state index in [1.54, 1.807) is 0 Å². The van der Waals surface area contributed by atoms with Crippen molar-refractivity contribution < 1.29 is 31.8 Å². The first kappa shape index (κ1) is 23.9. The predicted molar refractivity (Wildman–Crippen MR) is 109 cm³/mol. The number of hydrogen-bond acceptors (Lipinski definition) is 3. The van der Waals surface area contributed by atoms with Gasteiger partial charge in [0.25, 0.3) is 0 Å². The zero-order chi connectivity index (χ0) is 22.4. The van der Waals surface area contributed by atoms with Gasteiger partial charge in [-0.1, -0.05) is 32.6 Å². The highest BCUT2D eigenvalue weighted by Crippen LogP contribution is 2.42. The Labute approximate surface area is 181 Å². The highest BCUT2D eigenvalue weighted by Gasteiger charge is 2.44. The van der Waals surface area contributed by atoms with Crippen LogP contribution in [0.25, 0.3) is 0 Å². The molecule has 0 heterocycles. The zero-order valence-corrected chi connectivity index (χ0v) is 18.0. The van der Waals surface area contributed by atoms with Crippen LogP contribution in [0.5, 0.6) is 11.5 Å². The second kappa shape index (κ2) is 10.7. The molecule has 0 saturated heterocycles. The molecule has 0 bridgehead atoms.